The summed E-state index contributed by atoms with van der Waals surface area (Å²) in [7, 11) is 0. The summed E-state index contributed by atoms with van der Waals surface area (Å²) in [5, 5.41) is 9.37. The maximum atomic E-state index is 9.37. The number of aryl methyl sites for hydroxylation is 1. The van der Waals surface area contributed by atoms with Gasteiger partial charge in [-0.3, -0.25) is 0 Å². The normalized spacial score (nSPS) is 22.6. The van der Waals surface area contributed by atoms with E-state index in [4.69, 9.17) is 10.5 Å². The molecule has 0 aromatic heterocycles. The van der Waals surface area contributed by atoms with Crippen LogP contribution in [0.2, 0.25) is 0 Å². The van der Waals surface area contributed by atoms with E-state index in [-0.39, 0.29) is 18.3 Å². The number of anilines is 2. The van der Waals surface area contributed by atoms with E-state index >= 15 is 0 Å². The van der Waals surface area contributed by atoms with Gasteiger partial charge in [0.05, 0.1) is 24.0 Å². The molecule has 1 aromatic carbocycles. The zero-order valence-corrected chi connectivity index (χ0v) is 13.2. The summed E-state index contributed by atoms with van der Waals surface area (Å²) in [5.41, 5.74) is 8.57. The molecule has 1 aliphatic heterocycles. The van der Waals surface area contributed by atoms with Crippen LogP contribution in [0.5, 0.6) is 0 Å². The fraction of sp³-hybridized carbons (Fsp3) is 0.571. The van der Waals surface area contributed by atoms with E-state index in [2.05, 4.69) is 26.9 Å². The van der Waals surface area contributed by atoms with Crippen LogP contribution in [0.1, 0.15) is 19.4 Å². The third kappa shape index (κ3) is 3.22. The van der Waals surface area contributed by atoms with Crippen molar-refractivity contribution in [1.82, 2.24) is 0 Å². The Bertz CT molecular complexity index is 477. The van der Waals surface area contributed by atoms with Gasteiger partial charge < -0.3 is 20.5 Å². The molecule has 1 saturated heterocycles. The van der Waals surface area contributed by atoms with E-state index in [9.17, 15) is 5.11 Å². The van der Waals surface area contributed by atoms with E-state index in [0.29, 0.717) is 6.54 Å². The number of nitrogen functional groups attached to an aromatic ring is 1. The Hall–Kier alpha value is -0.780. The highest BCUT2D eigenvalue weighted by atomic mass is 79.9. The highest BCUT2D eigenvalue weighted by Crippen LogP contribution is 2.34. The first-order chi connectivity index (χ1) is 8.82. The number of aliphatic hydroxyl groups is 1. The Morgan fingerprint density at radius 3 is 2.84 bits per heavy atom. The first-order valence-electron chi connectivity index (χ1n) is 6.41. The van der Waals surface area contributed by atoms with Crippen molar-refractivity contribution in [3.8, 4) is 0 Å². The van der Waals surface area contributed by atoms with Crippen LogP contribution >= 0.6 is 15.9 Å². The molecule has 1 aromatic rings. The molecule has 2 rings (SSSR count). The van der Waals surface area contributed by atoms with Crippen LogP contribution in [0.4, 0.5) is 11.4 Å². The van der Waals surface area contributed by atoms with Crippen LogP contribution in [-0.4, -0.2) is 36.5 Å². The van der Waals surface area contributed by atoms with Gasteiger partial charge in [-0.2, -0.15) is 0 Å². The van der Waals surface area contributed by atoms with Gasteiger partial charge in [0.25, 0.3) is 0 Å². The highest BCUT2D eigenvalue weighted by molar-refractivity contribution is 9.10. The summed E-state index contributed by atoms with van der Waals surface area (Å²) in [5.74, 6) is 0. The molecule has 0 bridgehead atoms. The van der Waals surface area contributed by atoms with Gasteiger partial charge in [0.2, 0.25) is 0 Å². The van der Waals surface area contributed by atoms with Crippen LogP contribution in [0.3, 0.4) is 0 Å². The molecule has 19 heavy (non-hydrogen) atoms. The number of aliphatic hydroxyl groups excluding tert-OH is 1. The van der Waals surface area contributed by atoms with Crippen LogP contribution in [0.25, 0.3) is 0 Å². The van der Waals surface area contributed by atoms with Crippen molar-refractivity contribution in [2.24, 2.45) is 0 Å². The first-order valence-corrected chi connectivity index (χ1v) is 7.21. The van der Waals surface area contributed by atoms with Gasteiger partial charge in [0.1, 0.15) is 0 Å². The molecule has 1 fully saturated rings. The largest absolute Gasteiger partial charge is 0.398 e. The van der Waals surface area contributed by atoms with Crippen molar-refractivity contribution in [2.75, 3.05) is 30.3 Å². The van der Waals surface area contributed by atoms with Crippen molar-refractivity contribution in [1.29, 1.82) is 0 Å². The minimum atomic E-state index is -0.277. The van der Waals surface area contributed by atoms with Gasteiger partial charge in [-0.25, -0.2) is 0 Å². The molecule has 1 heterocycles. The van der Waals surface area contributed by atoms with Crippen LogP contribution < -0.4 is 10.6 Å². The van der Waals surface area contributed by atoms with Crippen LogP contribution in [0, 0.1) is 6.92 Å². The number of halogens is 1. The lowest BCUT2D eigenvalue weighted by molar-refractivity contribution is -0.101. The van der Waals surface area contributed by atoms with Crippen molar-refractivity contribution < 1.29 is 9.84 Å². The monoisotopic (exact) mass is 328 g/mol. The fourth-order valence-corrected chi connectivity index (χ4v) is 3.11. The molecule has 0 amide bonds. The molecular weight excluding hydrogens is 308 g/mol. The van der Waals surface area contributed by atoms with E-state index in [1.165, 1.54) is 0 Å². The van der Waals surface area contributed by atoms with Gasteiger partial charge in [-0.15, -0.1) is 0 Å². The zero-order valence-electron chi connectivity index (χ0n) is 11.6. The van der Waals surface area contributed by atoms with E-state index < -0.39 is 0 Å². The Labute approximate surface area is 122 Å². The molecule has 4 nitrogen and oxygen atoms in total. The van der Waals surface area contributed by atoms with E-state index in [1.54, 1.807) is 0 Å². The zero-order chi connectivity index (χ0) is 14.2. The molecular formula is C14H21BrN2O2. The molecule has 0 spiro atoms. The summed E-state index contributed by atoms with van der Waals surface area (Å²) in [6, 6.07) is 4.01. The van der Waals surface area contributed by atoms with E-state index in [0.717, 1.165) is 28.0 Å². The second-order valence-electron chi connectivity index (χ2n) is 5.72. The second kappa shape index (κ2) is 5.31. The summed E-state index contributed by atoms with van der Waals surface area (Å²) in [6.45, 7) is 7.58. The summed E-state index contributed by atoms with van der Waals surface area (Å²) >= 11 is 3.57. The lowest BCUT2D eigenvalue weighted by Crippen LogP contribution is -2.54. The Morgan fingerprint density at radius 2 is 2.21 bits per heavy atom. The fourth-order valence-electron chi connectivity index (χ4n) is 2.50. The molecule has 1 aliphatic rings. The predicted octanol–water partition coefficient (Wildman–Crippen LogP) is 2.32. The Kier molecular flexibility index (Phi) is 4.08. The van der Waals surface area contributed by atoms with E-state index in [1.807, 2.05) is 26.8 Å². The smallest absolute Gasteiger partial charge is 0.0988 e. The molecule has 3 N–H and O–H groups in total. The SMILES string of the molecule is Cc1cc(N2CC(CO)OC(C)(C)C2)c(Br)cc1N. The summed E-state index contributed by atoms with van der Waals surface area (Å²) in [6.07, 6.45) is -0.159. The second-order valence-corrected chi connectivity index (χ2v) is 6.58. The lowest BCUT2D eigenvalue weighted by atomic mass is 10.0. The van der Waals surface area contributed by atoms with Gasteiger partial charge in [0, 0.05) is 23.2 Å². The Morgan fingerprint density at radius 1 is 1.53 bits per heavy atom. The maximum Gasteiger partial charge on any atom is 0.0988 e. The molecule has 0 radical (unpaired) electrons. The number of hydrogen-bond acceptors (Lipinski definition) is 4. The highest BCUT2D eigenvalue weighted by Gasteiger charge is 2.33. The van der Waals surface area contributed by atoms with Gasteiger partial charge in [-0.1, -0.05) is 0 Å². The van der Waals surface area contributed by atoms with Crippen molar-refractivity contribution >= 4 is 27.3 Å². The lowest BCUT2D eigenvalue weighted by Gasteiger charge is -2.43. The molecule has 106 valence electrons. The molecule has 0 aliphatic carbocycles. The van der Waals surface area contributed by atoms with Crippen molar-refractivity contribution in [2.45, 2.75) is 32.5 Å². The maximum absolute atomic E-state index is 9.37. The number of benzene rings is 1. The van der Waals surface area contributed by atoms with Crippen LogP contribution in [-0.2, 0) is 4.74 Å². The molecule has 1 atom stereocenters. The van der Waals surface area contributed by atoms with Gasteiger partial charge in [0.15, 0.2) is 0 Å². The van der Waals surface area contributed by atoms with Crippen LogP contribution in [0.15, 0.2) is 16.6 Å². The number of morpholine rings is 1. The third-order valence-electron chi connectivity index (χ3n) is 3.36. The standard InChI is InChI=1S/C14H21BrN2O2/c1-9-4-13(11(15)5-12(9)16)17-6-10(7-18)19-14(2,3)8-17/h4-5,10,18H,6-8,16H2,1-3H3. The minimum Gasteiger partial charge on any atom is -0.398 e. The third-order valence-corrected chi connectivity index (χ3v) is 4.00. The number of ether oxygens (including phenoxy) is 1. The summed E-state index contributed by atoms with van der Waals surface area (Å²) in [4.78, 5) is 2.24. The Balaban J connectivity index is 2.33. The van der Waals surface area contributed by atoms with Gasteiger partial charge in [-0.05, 0) is 54.4 Å². The molecule has 5 heteroatoms. The van der Waals surface area contributed by atoms with Crippen molar-refractivity contribution in [3.05, 3.63) is 22.2 Å². The van der Waals surface area contributed by atoms with Gasteiger partial charge >= 0.3 is 0 Å². The summed E-state index contributed by atoms with van der Waals surface area (Å²) < 4.78 is 6.81. The number of hydrogen-bond donors (Lipinski definition) is 2. The predicted molar refractivity (Wildman–Crippen MR) is 81.5 cm³/mol. The average molecular weight is 329 g/mol. The van der Waals surface area contributed by atoms with Crippen molar-refractivity contribution in [3.63, 3.8) is 0 Å². The average Bonchev–Trinajstić information content (AvgIpc) is 2.31. The first kappa shape index (κ1) is 14.6. The number of nitrogens with zero attached hydrogens (tertiary/aromatic N) is 1. The number of nitrogens with two attached hydrogens (primary N) is 1. The quantitative estimate of drug-likeness (QED) is 0.818. The molecule has 0 saturated carbocycles. The minimum absolute atomic E-state index is 0.0332. The topological polar surface area (TPSA) is 58.7 Å². The molecule has 1 unspecified atom stereocenters. The number of rotatable bonds is 2.